The number of ether oxygens (including phenoxy) is 2. The van der Waals surface area contributed by atoms with E-state index < -0.39 is 0 Å². The number of nitrogens with zero attached hydrogens (tertiary/aromatic N) is 1. The number of rotatable bonds is 2. The van der Waals surface area contributed by atoms with Crippen molar-refractivity contribution < 1.29 is 14.3 Å². The van der Waals surface area contributed by atoms with Crippen LogP contribution in [0, 0.1) is 0 Å². The minimum atomic E-state index is -0.275. The summed E-state index contributed by atoms with van der Waals surface area (Å²) < 4.78 is 11.3. The summed E-state index contributed by atoms with van der Waals surface area (Å²) in [6.07, 6.45) is 0.0809. The predicted octanol–water partition coefficient (Wildman–Crippen LogP) is 1.83. The Morgan fingerprint density at radius 1 is 1.47 bits per heavy atom. The average molecular weight is 243 g/mol. The first-order valence-corrected chi connectivity index (χ1v) is 6.19. The molecule has 4 heteroatoms. The molecule has 0 aliphatic carbocycles. The summed E-state index contributed by atoms with van der Waals surface area (Å²) in [5.74, 6) is 0.0446. The number of hydrogen-bond donors (Lipinski definition) is 0. The summed E-state index contributed by atoms with van der Waals surface area (Å²) in [7, 11) is 0. The maximum atomic E-state index is 12.0. The summed E-state index contributed by atoms with van der Waals surface area (Å²) in [5.41, 5.74) is -0.544. The summed E-state index contributed by atoms with van der Waals surface area (Å²) in [6, 6.07) is 0. The molecule has 0 N–H and O–H groups in total. The van der Waals surface area contributed by atoms with Crippen molar-refractivity contribution in [1.29, 1.82) is 0 Å². The molecule has 1 heterocycles. The van der Waals surface area contributed by atoms with Crippen molar-refractivity contribution in [3.63, 3.8) is 0 Å². The lowest BCUT2D eigenvalue weighted by molar-refractivity contribution is -0.165. The van der Waals surface area contributed by atoms with E-state index in [2.05, 4.69) is 0 Å². The normalized spacial score (nSPS) is 24.8. The van der Waals surface area contributed by atoms with Crippen LogP contribution in [-0.4, -0.2) is 47.8 Å². The summed E-state index contributed by atoms with van der Waals surface area (Å²) in [5, 5.41) is 0. The summed E-state index contributed by atoms with van der Waals surface area (Å²) in [6.45, 7) is 13.3. The molecule has 0 aromatic rings. The van der Waals surface area contributed by atoms with Crippen LogP contribution in [0.1, 0.15) is 41.5 Å². The standard InChI is InChI=1S/C13H25NO3/c1-10-7-14(9-13(5,6)17-10)11(15)8-16-12(2,3)4/h10H,7-9H2,1-6H3. The first-order chi connectivity index (χ1) is 7.59. The predicted molar refractivity (Wildman–Crippen MR) is 66.9 cm³/mol. The van der Waals surface area contributed by atoms with Crippen LogP contribution in [0.25, 0.3) is 0 Å². The van der Waals surface area contributed by atoms with Gasteiger partial charge in [0.05, 0.1) is 17.3 Å². The minimum Gasteiger partial charge on any atom is -0.369 e. The highest BCUT2D eigenvalue weighted by Crippen LogP contribution is 2.21. The third-order valence-corrected chi connectivity index (χ3v) is 2.55. The zero-order valence-electron chi connectivity index (χ0n) is 11.9. The van der Waals surface area contributed by atoms with Crippen LogP contribution in [0.5, 0.6) is 0 Å². The van der Waals surface area contributed by atoms with E-state index in [9.17, 15) is 4.79 Å². The third-order valence-electron chi connectivity index (χ3n) is 2.55. The Hall–Kier alpha value is -0.610. The van der Waals surface area contributed by atoms with Gasteiger partial charge >= 0.3 is 0 Å². The van der Waals surface area contributed by atoms with E-state index in [-0.39, 0.29) is 29.8 Å². The van der Waals surface area contributed by atoms with Gasteiger partial charge in [-0.2, -0.15) is 0 Å². The molecule has 0 bridgehead atoms. The second-order valence-corrected chi connectivity index (χ2v) is 6.36. The molecule has 1 saturated heterocycles. The number of hydrogen-bond acceptors (Lipinski definition) is 3. The van der Waals surface area contributed by atoms with Gasteiger partial charge in [0.15, 0.2) is 0 Å². The van der Waals surface area contributed by atoms with Gasteiger partial charge in [-0.1, -0.05) is 0 Å². The van der Waals surface area contributed by atoms with Gasteiger partial charge in [-0.25, -0.2) is 0 Å². The Morgan fingerprint density at radius 3 is 2.53 bits per heavy atom. The molecular weight excluding hydrogens is 218 g/mol. The van der Waals surface area contributed by atoms with E-state index in [1.165, 1.54) is 0 Å². The van der Waals surface area contributed by atoms with Crippen molar-refractivity contribution in [2.24, 2.45) is 0 Å². The van der Waals surface area contributed by atoms with E-state index in [1.54, 1.807) is 0 Å². The van der Waals surface area contributed by atoms with Crippen LogP contribution in [0.2, 0.25) is 0 Å². The molecule has 1 aliphatic rings. The Bertz CT molecular complexity index is 281. The number of morpholine rings is 1. The lowest BCUT2D eigenvalue weighted by Crippen LogP contribution is -2.54. The van der Waals surface area contributed by atoms with Crippen LogP contribution < -0.4 is 0 Å². The van der Waals surface area contributed by atoms with Crippen molar-refractivity contribution in [3.8, 4) is 0 Å². The first-order valence-electron chi connectivity index (χ1n) is 6.19. The maximum absolute atomic E-state index is 12.0. The van der Waals surface area contributed by atoms with Gasteiger partial charge in [-0.05, 0) is 41.5 Å². The second kappa shape index (κ2) is 4.94. The zero-order chi connectivity index (χ0) is 13.3. The molecular formula is C13H25NO3. The molecule has 1 unspecified atom stereocenters. The van der Waals surface area contributed by atoms with Crippen molar-refractivity contribution in [3.05, 3.63) is 0 Å². The molecule has 17 heavy (non-hydrogen) atoms. The van der Waals surface area contributed by atoms with E-state index in [4.69, 9.17) is 9.47 Å². The molecule has 0 saturated carbocycles. The molecule has 0 aromatic carbocycles. The Kier molecular flexibility index (Phi) is 4.20. The van der Waals surface area contributed by atoms with Crippen molar-refractivity contribution >= 4 is 5.91 Å². The Labute approximate surface area is 104 Å². The van der Waals surface area contributed by atoms with Crippen molar-refractivity contribution in [2.75, 3.05) is 19.7 Å². The van der Waals surface area contributed by atoms with Gasteiger partial charge < -0.3 is 14.4 Å². The lowest BCUT2D eigenvalue weighted by Gasteiger charge is -2.41. The number of carbonyl (C=O) groups excluding carboxylic acids is 1. The van der Waals surface area contributed by atoms with Crippen LogP contribution in [0.3, 0.4) is 0 Å². The van der Waals surface area contributed by atoms with Gasteiger partial charge in [-0.3, -0.25) is 4.79 Å². The fourth-order valence-electron chi connectivity index (χ4n) is 2.01. The Morgan fingerprint density at radius 2 is 2.06 bits per heavy atom. The van der Waals surface area contributed by atoms with E-state index in [0.717, 1.165) is 0 Å². The number of carbonyl (C=O) groups is 1. The molecule has 1 rings (SSSR count). The van der Waals surface area contributed by atoms with Crippen LogP contribution in [0.15, 0.2) is 0 Å². The largest absolute Gasteiger partial charge is 0.369 e. The quantitative estimate of drug-likeness (QED) is 0.742. The van der Waals surface area contributed by atoms with E-state index in [0.29, 0.717) is 13.1 Å². The van der Waals surface area contributed by atoms with Crippen LogP contribution in [0.4, 0.5) is 0 Å². The topological polar surface area (TPSA) is 38.8 Å². The number of amides is 1. The van der Waals surface area contributed by atoms with Gasteiger partial charge in [0.1, 0.15) is 6.61 Å². The van der Waals surface area contributed by atoms with Gasteiger partial charge in [0, 0.05) is 13.1 Å². The molecule has 1 amide bonds. The molecule has 100 valence electrons. The second-order valence-electron chi connectivity index (χ2n) is 6.36. The summed E-state index contributed by atoms with van der Waals surface area (Å²) >= 11 is 0. The SMILES string of the molecule is CC1CN(C(=O)COC(C)(C)C)CC(C)(C)O1. The van der Waals surface area contributed by atoms with Gasteiger partial charge in [-0.15, -0.1) is 0 Å². The third kappa shape index (κ3) is 5.04. The smallest absolute Gasteiger partial charge is 0.248 e. The maximum Gasteiger partial charge on any atom is 0.248 e. The van der Waals surface area contributed by atoms with E-state index >= 15 is 0 Å². The van der Waals surface area contributed by atoms with Crippen LogP contribution >= 0.6 is 0 Å². The molecule has 0 spiro atoms. The average Bonchev–Trinajstić information content (AvgIpc) is 2.09. The minimum absolute atomic E-state index is 0.0446. The van der Waals surface area contributed by atoms with E-state index in [1.807, 2.05) is 46.4 Å². The highest BCUT2D eigenvalue weighted by molar-refractivity contribution is 5.77. The van der Waals surface area contributed by atoms with Gasteiger partial charge in [0.25, 0.3) is 0 Å². The first kappa shape index (κ1) is 14.5. The molecule has 0 aromatic heterocycles. The fourth-order valence-corrected chi connectivity index (χ4v) is 2.01. The van der Waals surface area contributed by atoms with Crippen molar-refractivity contribution in [1.82, 2.24) is 4.90 Å². The zero-order valence-corrected chi connectivity index (χ0v) is 11.9. The summed E-state index contributed by atoms with van der Waals surface area (Å²) in [4.78, 5) is 13.9. The highest BCUT2D eigenvalue weighted by atomic mass is 16.5. The Balaban J connectivity index is 2.52. The molecule has 4 nitrogen and oxygen atoms in total. The van der Waals surface area contributed by atoms with Crippen LogP contribution in [-0.2, 0) is 14.3 Å². The molecule has 1 aliphatic heterocycles. The lowest BCUT2D eigenvalue weighted by atomic mass is 10.1. The molecule has 0 radical (unpaired) electrons. The molecule has 1 atom stereocenters. The fraction of sp³-hybridized carbons (Fsp3) is 0.923. The molecule has 1 fully saturated rings. The highest BCUT2D eigenvalue weighted by Gasteiger charge is 2.33. The van der Waals surface area contributed by atoms with Crippen molar-refractivity contribution in [2.45, 2.75) is 58.8 Å². The monoisotopic (exact) mass is 243 g/mol. The van der Waals surface area contributed by atoms with Gasteiger partial charge in [0.2, 0.25) is 5.91 Å².